The summed E-state index contributed by atoms with van der Waals surface area (Å²) in [7, 11) is 1.57. The maximum Gasteiger partial charge on any atom is 0.255 e. The SMILES string of the molecule is CCOc1ccccc1C1C(C(=O)Nc2ccccc2OC)=C(C)Nc2nc(-c3cccnc3)nn21. The number of fused-ring (bicyclic) bond motifs is 1. The number of rotatable bonds is 7. The molecule has 5 rings (SSSR count). The Kier molecular flexibility index (Phi) is 6.36. The number of para-hydroxylation sites is 3. The summed E-state index contributed by atoms with van der Waals surface area (Å²) < 4.78 is 13.1. The number of ether oxygens (including phenoxy) is 2. The molecule has 1 aliphatic rings. The number of allylic oxidation sites excluding steroid dienone is 1. The number of hydrogen-bond donors (Lipinski definition) is 2. The van der Waals surface area contributed by atoms with E-state index in [1.165, 1.54) is 0 Å². The number of carbonyl (C=O) groups is 1. The second-order valence-corrected chi connectivity index (χ2v) is 8.14. The van der Waals surface area contributed by atoms with E-state index in [0.29, 0.717) is 46.8 Å². The van der Waals surface area contributed by atoms with E-state index in [-0.39, 0.29) is 5.91 Å². The molecule has 9 heteroatoms. The first-order chi connectivity index (χ1) is 17.6. The van der Waals surface area contributed by atoms with Crippen molar-refractivity contribution in [2.75, 3.05) is 24.4 Å². The van der Waals surface area contributed by atoms with Crippen molar-refractivity contribution < 1.29 is 14.3 Å². The number of methoxy groups -OCH3 is 1. The summed E-state index contributed by atoms with van der Waals surface area (Å²) in [6, 6.07) is 18.1. The molecule has 0 saturated heterocycles. The van der Waals surface area contributed by atoms with E-state index in [9.17, 15) is 4.79 Å². The third kappa shape index (κ3) is 4.26. The Morgan fingerprint density at radius 2 is 1.86 bits per heavy atom. The maximum absolute atomic E-state index is 13.8. The standard InChI is InChI=1S/C27H26N6O3/c1-4-36-21-13-7-5-11-19(21)24-23(26(34)30-20-12-6-8-14-22(20)35-3)17(2)29-27-31-25(32-33(24)27)18-10-9-15-28-16-18/h5-16,24H,4H2,1-3H3,(H,30,34)(H,29,31,32). The minimum Gasteiger partial charge on any atom is -0.495 e. The number of anilines is 2. The third-order valence-electron chi connectivity index (χ3n) is 5.89. The van der Waals surface area contributed by atoms with Gasteiger partial charge in [0, 0.05) is 29.2 Å². The molecule has 9 nitrogen and oxygen atoms in total. The molecule has 4 aromatic rings. The molecule has 1 unspecified atom stereocenters. The van der Waals surface area contributed by atoms with Crippen molar-refractivity contribution in [1.29, 1.82) is 0 Å². The quantitative estimate of drug-likeness (QED) is 0.394. The van der Waals surface area contributed by atoms with Gasteiger partial charge in [0.25, 0.3) is 5.91 Å². The lowest BCUT2D eigenvalue weighted by Crippen LogP contribution is -2.31. The Balaban J connectivity index is 1.63. The molecular formula is C27H26N6O3. The molecule has 0 saturated carbocycles. The van der Waals surface area contributed by atoms with Crippen LogP contribution in [0.4, 0.5) is 11.6 Å². The van der Waals surface area contributed by atoms with Crippen molar-refractivity contribution in [2.24, 2.45) is 0 Å². The van der Waals surface area contributed by atoms with Gasteiger partial charge in [-0.25, -0.2) is 4.68 Å². The van der Waals surface area contributed by atoms with Gasteiger partial charge in [0.2, 0.25) is 5.95 Å². The van der Waals surface area contributed by atoms with Crippen LogP contribution >= 0.6 is 0 Å². The Labute approximate surface area is 208 Å². The number of hydrogen-bond acceptors (Lipinski definition) is 7. The molecule has 1 amide bonds. The van der Waals surface area contributed by atoms with Crippen LogP contribution in [0.5, 0.6) is 11.5 Å². The predicted octanol–water partition coefficient (Wildman–Crippen LogP) is 4.68. The zero-order valence-electron chi connectivity index (χ0n) is 20.2. The van der Waals surface area contributed by atoms with Crippen molar-refractivity contribution >= 4 is 17.5 Å². The number of nitrogens with one attached hydrogen (secondary N) is 2. The highest BCUT2D eigenvalue weighted by Gasteiger charge is 2.36. The average molecular weight is 483 g/mol. The van der Waals surface area contributed by atoms with Crippen LogP contribution in [0.3, 0.4) is 0 Å². The summed E-state index contributed by atoms with van der Waals surface area (Å²) in [5, 5.41) is 11.1. The van der Waals surface area contributed by atoms with Gasteiger partial charge in [-0.1, -0.05) is 30.3 Å². The van der Waals surface area contributed by atoms with E-state index >= 15 is 0 Å². The molecule has 0 fully saturated rings. The summed E-state index contributed by atoms with van der Waals surface area (Å²) >= 11 is 0. The van der Waals surface area contributed by atoms with Crippen LogP contribution in [0.2, 0.25) is 0 Å². The van der Waals surface area contributed by atoms with Gasteiger partial charge in [-0.3, -0.25) is 9.78 Å². The van der Waals surface area contributed by atoms with Crippen molar-refractivity contribution in [3.8, 4) is 22.9 Å². The van der Waals surface area contributed by atoms with Gasteiger partial charge in [-0.05, 0) is 44.2 Å². The first-order valence-electron chi connectivity index (χ1n) is 11.6. The summed E-state index contributed by atoms with van der Waals surface area (Å²) in [4.78, 5) is 22.7. The van der Waals surface area contributed by atoms with Gasteiger partial charge in [0.05, 0.1) is 25.0 Å². The molecule has 36 heavy (non-hydrogen) atoms. The first kappa shape index (κ1) is 23.1. The van der Waals surface area contributed by atoms with Crippen LogP contribution in [0.25, 0.3) is 11.4 Å². The van der Waals surface area contributed by atoms with E-state index in [1.54, 1.807) is 36.3 Å². The topological polar surface area (TPSA) is 103 Å². The minimum atomic E-state index is -0.586. The first-order valence-corrected chi connectivity index (χ1v) is 11.6. The third-order valence-corrected chi connectivity index (χ3v) is 5.89. The highest BCUT2D eigenvalue weighted by Crippen LogP contribution is 2.40. The highest BCUT2D eigenvalue weighted by atomic mass is 16.5. The van der Waals surface area contributed by atoms with Gasteiger partial charge >= 0.3 is 0 Å². The largest absolute Gasteiger partial charge is 0.495 e. The maximum atomic E-state index is 13.8. The van der Waals surface area contributed by atoms with Crippen molar-refractivity contribution in [1.82, 2.24) is 19.7 Å². The molecule has 0 bridgehead atoms. The number of nitrogens with zero attached hydrogens (tertiary/aromatic N) is 4. The lowest BCUT2D eigenvalue weighted by Gasteiger charge is -2.29. The van der Waals surface area contributed by atoms with Crippen LogP contribution in [0.15, 0.2) is 84.3 Å². The van der Waals surface area contributed by atoms with Gasteiger partial charge in [0.1, 0.15) is 17.5 Å². The van der Waals surface area contributed by atoms with E-state index < -0.39 is 6.04 Å². The zero-order valence-corrected chi connectivity index (χ0v) is 20.2. The second kappa shape index (κ2) is 9.91. The van der Waals surface area contributed by atoms with E-state index in [4.69, 9.17) is 19.6 Å². The molecule has 182 valence electrons. The van der Waals surface area contributed by atoms with Gasteiger partial charge in [0.15, 0.2) is 5.82 Å². The van der Waals surface area contributed by atoms with Crippen LogP contribution < -0.4 is 20.1 Å². The Hall–Kier alpha value is -4.66. The van der Waals surface area contributed by atoms with E-state index in [1.807, 2.05) is 62.4 Å². The Morgan fingerprint density at radius 3 is 2.61 bits per heavy atom. The lowest BCUT2D eigenvalue weighted by atomic mass is 9.94. The normalized spacial score (nSPS) is 14.6. The van der Waals surface area contributed by atoms with Crippen LogP contribution in [-0.2, 0) is 4.79 Å². The van der Waals surface area contributed by atoms with Crippen LogP contribution in [0, 0.1) is 0 Å². The minimum absolute atomic E-state index is 0.287. The molecule has 0 radical (unpaired) electrons. The predicted molar refractivity (Wildman–Crippen MR) is 137 cm³/mol. The van der Waals surface area contributed by atoms with E-state index in [2.05, 4.69) is 15.6 Å². The Bertz CT molecular complexity index is 1430. The monoisotopic (exact) mass is 482 g/mol. The molecular weight excluding hydrogens is 456 g/mol. The van der Waals surface area contributed by atoms with Gasteiger partial charge in [-0.2, -0.15) is 4.98 Å². The van der Waals surface area contributed by atoms with E-state index in [0.717, 1.165) is 11.1 Å². The summed E-state index contributed by atoms with van der Waals surface area (Å²) in [6.45, 7) is 4.27. The Morgan fingerprint density at radius 1 is 1.08 bits per heavy atom. The van der Waals surface area contributed by atoms with Crippen molar-refractivity contribution in [3.05, 3.63) is 89.9 Å². The highest BCUT2D eigenvalue weighted by molar-refractivity contribution is 6.06. The zero-order chi connectivity index (χ0) is 25.1. The summed E-state index contributed by atoms with van der Waals surface area (Å²) in [5.74, 6) is 1.98. The molecule has 2 N–H and O–H groups in total. The van der Waals surface area contributed by atoms with Crippen molar-refractivity contribution in [2.45, 2.75) is 19.9 Å². The summed E-state index contributed by atoms with van der Waals surface area (Å²) in [6.07, 6.45) is 3.41. The number of benzene rings is 2. The molecule has 0 aliphatic carbocycles. The molecule has 1 aliphatic heterocycles. The fourth-order valence-electron chi connectivity index (χ4n) is 4.28. The number of carbonyl (C=O) groups excluding carboxylic acids is 1. The van der Waals surface area contributed by atoms with Gasteiger partial charge in [-0.15, -0.1) is 5.10 Å². The van der Waals surface area contributed by atoms with Crippen molar-refractivity contribution in [3.63, 3.8) is 0 Å². The molecule has 2 aromatic carbocycles. The number of aromatic nitrogens is 4. The molecule has 1 atom stereocenters. The lowest BCUT2D eigenvalue weighted by molar-refractivity contribution is -0.113. The number of pyridine rings is 1. The fraction of sp³-hybridized carbons (Fsp3) is 0.185. The molecule has 2 aromatic heterocycles. The molecule has 3 heterocycles. The second-order valence-electron chi connectivity index (χ2n) is 8.14. The summed E-state index contributed by atoms with van der Waals surface area (Å²) in [5.41, 5.74) is 3.30. The van der Waals surface area contributed by atoms with Crippen LogP contribution in [-0.4, -0.2) is 39.4 Å². The van der Waals surface area contributed by atoms with Gasteiger partial charge < -0.3 is 20.1 Å². The molecule has 0 spiro atoms. The fourth-order valence-corrected chi connectivity index (χ4v) is 4.28. The van der Waals surface area contributed by atoms with Crippen LogP contribution in [0.1, 0.15) is 25.5 Å². The smallest absolute Gasteiger partial charge is 0.255 e. The number of amides is 1. The average Bonchev–Trinajstić information content (AvgIpc) is 3.33.